The third-order valence-corrected chi connectivity index (χ3v) is 0.374. The summed E-state index contributed by atoms with van der Waals surface area (Å²) in [6.07, 6.45) is 2.09. The summed E-state index contributed by atoms with van der Waals surface area (Å²) in [5.41, 5.74) is 0.866. The Balaban J connectivity index is 3.05. The molecule has 0 fully saturated rings. The maximum Gasteiger partial charge on any atom is 0.202 e. The minimum atomic E-state index is 0.375. The van der Waals surface area contributed by atoms with Crippen LogP contribution in [0.4, 0.5) is 0 Å². The van der Waals surface area contributed by atoms with Crippen LogP contribution in [0, 0.1) is 0 Å². The van der Waals surface area contributed by atoms with Crippen LogP contribution in [-0.2, 0) is 4.79 Å². The van der Waals surface area contributed by atoms with E-state index >= 15 is 0 Å². The van der Waals surface area contributed by atoms with Crippen molar-refractivity contribution in [3.63, 3.8) is 0 Å². The van der Waals surface area contributed by atoms with E-state index < -0.39 is 0 Å². The topological polar surface area (TPSA) is 17.1 Å². The van der Waals surface area contributed by atoms with Gasteiger partial charge >= 0.3 is 0 Å². The number of hydrogen-bond donors (Lipinski definition) is 0. The first kappa shape index (κ1) is 5.41. The lowest BCUT2D eigenvalue weighted by molar-refractivity contribution is 0.555. The van der Waals surface area contributed by atoms with Gasteiger partial charge in [-0.1, -0.05) is 12.2 Å². The summed E-state index contributed by atoms with van der Waals surface area (Å²) < 4.78 is 0. The fourth-order valence-corrected chi connectivity index (χ4v) is 0.123. The van der Waals surface area contributed by atoms with Crippen molar-refractivity contribution in [3.05, 3.63) is 12.2 Å². The number of rotatable bonds is 2. The largest absolute Gasteiger partial charge is 0.291 e. The highest BCUT2D eigenvalue weighted by atomic mass is 16.1. The number of hydrogen-bond acceptors (Lipinski definition) is 1. The second-order valence-corrected chi connectivity index (χ2v) is 1.28. The van der Waals surface area contributed by atoms with E-state index in [1.54, 1.807) is 13.2 Å². The fraction of sp³-hybridized carbons (Fsp3) is 0.400. The quantitative estimate of drug-likeness (QED) is 0.456. The molecule has 0 aliphatic carbocycles. The van der Waals surface area contributed by atoms with E-state index in [9.17, 15) is 4.79 Å². The molecule has 0 atom stereocenters. The van der Waals surface area contributed by atoms with E-state index in [2.05, 4.69) is 6.58 Å². The van der Waals surface area contributed by atoms with Crippen molar-refractivity contribution in [2.45, 2.75) is 13.3 Å². The van der Waals surface area contributed by atoms with E-state index in [0.29, 0.717) is 6.42 Å². The van der Waals surface area contributed by atoms with Crippen LogP contribution in [0.3, 0.4) is 0 Å². The van der Waals surface area contributed by atoms with Gasteiger partial charge in [-0.2, -0.15) is 0 Å². The zero-order valence-electron chi connectivity index (χ0n) is 3.82. The molecule has 1 heteroatoms. The lowest BCUT2D eigenvalue weighted by atomic mass is 10.3. The van der Waals surface area contributed by atoms with Crippen molar-refractivity contribution in [3.8, 4) is 0 Å². The van der Waals surface area contributed by atoms with Gasteiger partial charge in [-0.15, -0.1) is 0 Å². The molecule has 0 aromatic rings. The van der Waals surface area contributed by atoms with Gasteiger partial charge in [0, 0.05) is 6.42 Å². The van der Waals surface area contributed by atoms with Gasteiger partial charge in [-0.3, -0.25) is 4.79 Å². The Morgan fingerprint density at radius 1 is 2.00 bits per heavy atom. The van der Waals surface area contributed by atoms with Crippen molar-refractivity contribution < 1.29 is 4.79 Å². The monoisotopic (exact) mass is 83.0 g/mol. The molecule has 0 rings (SSSR count). The Bertz CT molecular complexity index is 64.3. The Hall–Kier alpha value is -0.590. The summed E-state index contributed by atoms with van der Waals surface area (Å²) in [5.74, 6) is 0. The van der Waals surface area contributed by atoms with E-state index in [1.807, 2.05) is 0 Å². The van der Waals surface area contributed by atoms with E-state index in [1.165, 1.54) is 0 Å². The summed E-state index contributed by atoms with van der Waals surface area (Å²) in [7, 11) is 0. The Morgan fingerprint density at radius 3 is 2.50 bits per heavy atom. The summed E-state index contributed by atoms with van der Waals surface area (Å²) in [6.45, 7) is 5.28. The van der Waals surface area contributed by atoms with Gasteiger partial charge in [0.15, 0.2) is 0 Å². The second-order valence-electron chi connectivity index (χ2n) is 1.28. The van der Waals surface area contributed by atoms with E-state index in [0.717, 1.165) is 5.57 Å². The van der Waals surface area contributed by atoms with Crippen LogP contribution < -0.4 is 0 Å². The molecule has 0 aromatic heterocycles. The van der Waals surface area contributed by atoms with Gasteiger partial charge in [0.05, 0.1) is 0 Å². The van der Waals surface area contributed by atoms with Crippen LogP contribution in [0.2, 0.25) is 0 Å². The first-order valence-electron chi connectivity index (χ1n) is 1.76. The number of allylic oxidation sites excluding steroid dienone is 1. The highest BCUT2D eigenvalue weighted by molar-refractivity contribution is 5.54. The minimum absolute atomic E-state index is 0.375. The molecular weight excluding hydrogens is 76.1 g/mol. The second kappa shape index (κ2) is 2.64. The smallest absolute Gasteiger partial charge is 0.202 e. The first-order valence-corrected chi connectivity index (χ1v) is 1.76. The summed E-state index contributed by atoms with van der Waals surface area (Å²) in [5, 5.41) is 0. The molecule has 1 nitrogen and oxygen atoms in total. The zero-order chi connectivity index (χ0) is 4.99. The van der Waals surface area contributed by atoms with Gasteiger partial charge in [0.25, 0.3) is 0 Å². The highest BCUT2D eigenvalue weighted by Gasteiger charge is 1.77. The predicted molar refractivity (Wildman–Crippen MR) is 25.1 cm³/mol. The molecule has 1 radical (unpaired) electrons. The average molecular weight is 83.1 g/mol. The standard InChI is InChI=1S/C5H7O/c1-5(2)3-4-6/h1,3H2,2H3. The Morgan fingerprint density at radius 2 is 2.50 bits per heavy atom. The van der Waals surface area contributed by atoms with Gasteiger partial charge in [0.1, 0.15) is 0 Å². The molecule has 0 saturated carbocycles. The lowest BCUT2D eigenvalue weighted by Gasteiger charge is -1.78. The molecular formula is C5H7O. The van der Waals surface area contributed by atoms with Crippen LogP contribution in [0.15, 0.2) is 12.2 Å². The molecule has 0 aliphatic heterocycles. The molecule has 0 aromatic carbocycles. The van der Waals surface area contributed by atoms with Gasteiger partial charge in [0.2, 0.25) is 6.29 Å². The number of carbonyl (C=O) groups excluding carboxylic acids is 1. The predicted octanol–water partition coefficient (Wildman–Crippen LogP) is 1.06. The van der Waals surface area contributed by atoms with Crippen molar-refractivity contribution in [1.29, 1.82) is 0 Å². The Labute approximate surface area is 37.7 Å². The third-order valence-electron chi connectivity index (χ3n) is 0.374. The molecule has 0 aliphatic rings. The molecule has 0 unspecified atom stereocenters. The summed E-state index contributed by atoms with van der Waals surface area (Å²) >= 11 is 0. The van der Waals surface area contributed by atoms with Crippen LogP contribution in [-0.4, -0.2) is 6.29 Å². The van der Waals surface area contributed by atoms with Crippen LogP contribution in [0.5, 0.6) is 0 Å². The zero-order valence-corrected chi connectivity index (χ0v) is 3.82. The highest BCUT2D eigenvalue weighted by Crippen LogP contribution is 1.87. The van der Waals surface area contributed by atoms with Crippen molar-refractivity contribution in [2.75, 3.05) is 0 Å². The maximum absolute atomic E-state index is 9.43. The van der Waals surface area contributed by atoms with Crippen molar-refractivity contribution in [1.82, 2.24) is 0 Å². The third kappa shape index (κ3) is 3.41. The molecule has 0 bridgehead atoms. The molecule has 0 spiro atoms. The molecule has 0 amide bonds. The van der Waals surface area contributed by atoms with E-state index in [-0.39, 0.29) is 0 Å². The van der Waals surface area contributed by atoms with Gasteiger partial charge < -0.3 is 0 Å². The summed E-state index contributed by atoms with van der Waals surface area (Å²) in [6, 6.07) is 0. The molecule has 0 N–H and O–H groups in total. The van der Waals surface area contributed by atoms with Crippen LogP contribution >= 0.6 is 0 Å². The first-order chi connectivity index (χ1) is 2.77. The molecule has 33 valence electrons. The molecule has 0 saturated heterocycles. The maximum atomic E-state index is 9.43. The van der Waals surface area contributed by atoms with Gasteiger partial charge in [-0.25, -0.2) is 0 Å². The minimum Gasteiger partial charge on any atom is -0.291 e. The fourth-order valence-electron chi connectivity index (χ4n) is 0.123. The molecule has 0 heterocycles. The molecule has 6 heavy (non-hydrogen) atoms. The van der Waals surface area contributed by atoms with E-state index in [4.69, 9.17) is 0 Å². The van der Waals surface area contributed by atoms with Gasteiger partial charge in [-0.05, 0) is 6.92 Å². The Kier molecular flexibility index (Phi) is 2.38. The van der Waals surface area contributed by atoms with Crippen molar-refractivity contribution >= 4 is 6.29 Å². The SMILES string of the molecule is C=C(C)C[C]=O. The van der Waals surface area contributed by atoms with Crippen LogP contribution in [0.25, 0.3) is 0 Å². The normalized spacial score (nSPS) is 7.50. The summed E-state index contributed by atoms with van der Waals surface area (Å²) in [4.78, 5) is 9.43. The lowest BCUT2D eigenvalue weighted by Crippen LogP contribution is -1.70. The van der Waals surface area contributed by atoms with Crippen LogP contribution in [0.1, 0.15) is 13.3 Å². The van der Waals surface area contributed by atoms with Crippen molar-refractivity contribution in [2.24, 2.45) is 0 Å². The average Bonchev–Trinajstić information content (AvgIpc) is 1.35.